The van der Waals surface area contributed by atoms with Crippen LogP contribution in [-0.4, -0.2) is 14.5 Å². The van der Waals surface area contributed by atoms with Crippen molar-refractivity contribution in [2.24, 2.45) is 0 Å². The van der Waals surface area contributed by atoms with E-state index in [0.29, 0.717) is 27.9 Å². The third-order valence-electron chi connectivity index (χ3n) is 4.69. The average molecular weight is 446 g/mol. The van der Waals surface area contributed by atoms with E-state index in [9.17, 15) is 9.18 Å². The van der Waals surface area contributed by atoms with Gasteiger partial charge < -0.3 is 0 Å². The van der Waals surface area contributed by atoms with E-state index in [2.05, 4.69) is 4.98 Å². The number of hydrogen-bond acceptors (Lipinski definition) is 5. The van der Waals surface area contributed by atoms with Gasteiger partial charge in [-0.1, -0.05) is 35.5 Å². The van der Waals surface area contributed by atoms with Gasteiger partial charge in [0.25, 0.3) is 5.56 Å². The lowest BCUT2D eigenvalue weighted by Gasteiger charge is -2.13. The monoisotopic (exact) mass is 445 g/mol. The summed E-state index contributed by atoms with van der Waals surface area (Å²) in [5, 5.41) is 1.64. The molecule has 0 aliphatic heterocycles. The fourth-order valence-corrected chi connectivity index (χ4v) is 5.40. The lowest BCUT2D eigenvalue weighted by Crippen LogP contribution is -2.24. The van der Waals surface area contributed by atoms with Crippen LogP contribution in [-0.2, 0) is 12.3 Å². The predicted octanol–water partition coefficient (Wildman–Crippen LogP) is 5.60. The maximum Gasteiger partial charge on any atom is 0.263 e. The molecule has 0 spiro atoms. The van der Waals surface area contributed by atoms with Crippen molar-refractivity contribution >= 4 is 44.9 Å². The van der Waals surface area contributed by atoms with E-state index < -0.39 is 0 Å². The van der Waals surface area contributed by atoms with Gasteiger partial charge in [0, 0.05) is 28.0 Å². The summed E-state index contributed by atoms with van der Waals surface area (Å²) in [5.74, 6) is 0.106. The molecular weight excluding hydrogens is 429 g/mol. The number of fused-ring (bicyclic) bond motifs is 1. The topological polar surface area (TPSA) is 47.8 Å². The number of hydrogen-bond donors (Lipinski definition) is 0. The number of rotatable bonds is 5. The summed E-state index contributed by atoms with van der Waals surface area (Å²) in [6.45, 7) is 4.33. The van der Waals surface area contributed by atoms with Gasteiger partial charge in [-0.15, -0.1) is 11.3 Å². The van der Waals surface area contributed by atoms with Crippen molar-refractivity contribution < 1.29 is 4.39 Å². The van der Waals surface area contributed by atoms with Crippen molar-refractivity contribution in [1.82, 2.24) is 14.5 Å². The van der Waals surface area contributed by atoms with E-state index >= 15 is 0 Å². The summed E-state index contributed by atoms with van der Waals surface area (Å²) in [5.41, 5.74) is 2.62. The van der Waals surface area contributed by atoms with Gasteiger partial charge >= 0.3 is 0 Å². The first kappa shape index (κ1) is 20.1. The number of thiophene rings is 1. The zero-order valence-electron chi connectivity index (χ0n) is 15.8. The second-order valence-corrected chi connectivity index (χ2v) is 9.19. The molecule has 0 unspecified atom stereocenters. The smallest absolute Gasteiger partial charge is 0.263 e. The molecular formula is C21H17ClFN3OS2. The minimum atomic E-state index is -0.374. The Bertz CT molecular complexity index is 1250. The number of aromatic nitrogens is 3. The lowest BCUT2D eigenvalue weighted by atomic mass is 10.2. The minimum Gasteiger partial charge on any atom is -0.282 e. The van der Waals surface area contributed by atoms with E-state index in [1.807, 2.05) is 26.0 Å². The Balaban J connectivity index is 1.78. The number of pyridine rings is 1. The molecule has 0 radical (unpaired) electrons. The first-order valence-electron chi connectivity index (χ1n) is 8.90. The lowest BCUT2D eigenvalue weighted by molar-refractivity contribution is 0.627. The molecule has 148 valence electrons. The largest absolute Gasteiger partial charge is 0.282 e. The second kappa shape index (κ2) is 8.26. The molecule has 0 bridgehead atoms. The second-order valence-electron chi connectivity index (χ2n) is 6.63. The highest BCUT2D eigenvalue weighted by molar-refractivity contribution is 7.98. The van der Waals surface area contributed by atoms with Gasteiger partial charge in [0.05, 0.1) is 11.9 Å². The van der Waals surface area contributed by atoms with E-state index in [4.69, 9.17) is 16.6 Å². The summed E-state index contributed by atoms with van der Waals surface area (Å²) in [4.78, 5) is 24.1. The predicted molar refractivity (Wildman–Crippen MR) is 118 cm³/mol. The standard InChI is InChI=1S/C21H17ClFN3OS2/c1-12-13(2)29-19-18(12)20(27)26(10-14-4-3-7-24-9-14)21(25-19)28-11-15-5-6-16(23)8-17(15)22/h3-9H,10-11H2,1-2H3. The molecule has 4 nitrogen and oxygen atoms in total. The molecule has 1 aromatic carbocycles. The third-order valence-corrected chi connectivity index (χ3v) is 7.17. The Kier molecular flexibility index (Phi) is 5.72. The van der Waals surface area contributed by atoms with Crippen LogP contribution in [0.1, 0.15) is 21.6 Å². The normalized spacial score (nSPS) is 11.3. The first-order valence-corrected chi connectivity index (χ1v) is 11.1. The fourth-order valence-electron chi connectivity index (χ4n) is 3.01. The summed E-state index contributed by atoms with van der Waals surface area (Å²) in [7, 11) is 0. The van der Waals surface area contributed by atoms with Crippen LogP contribution >= 0.6 is 34.7 Å². The minimum absolute atomic E-state index is 0.0617. The Morgan fingerprint density at radius 1 is 1.28 bits per heavy atom. The van der Waals surface area contributed by atoms with E-state index in [1.54, 1.807) is 23.0 Å². The van der Waals surface area contributed by atoms with Crippen molar-refractivity contribution in [1.29, 1.82) is 0 Å². The van der Waals surface area contributed by atoms with Crippen molar-refractivity contribution in [3.05, 3.63) is 85.5 Å². The van der Waals surface area contributed by atoms with Gasteiger partial charge in [-0.3, -0.25) is 14.3 Å². The third kappa shape index (κ3) is 4.08. The van der Waals surface area contributed by atoms with Gasteiger partial charge in [-0.2, -0.15) is 0 Å². The Hall–Kier alpha value is -2.22. The van der Waals surface area contributed by atoms with Gasteiger partial charge in [0.15, 0.2) is 5.16 Å². The van der Waals surface area contributed by atoms with E-state index in [-0.39, 0.29) is 11.4 Å². The Labute approximate surface area is 180 Å². The molecule has 3 aromatic heterocycles. The average Bonchev–Trinajstić information content (AvgIpc) is 2.98. The van der Waals surface area contributed by atoms with Crippen LogP contribution in [0, 0.1) is 19.7 Å². The number of thioether (sulfide) groups is 1. The summed E-state index contributed by atoms with van der Waals surface area (Å²) < 4.78 is 15.0. The molecule has 0 atom stereocenters. The maximum absolute atomic E-state index is 13.3. The highest BCUT2D eigenvalue weighted by Crippen LogP contribution is 2.31. The van der Waals surface area contributed by atoms with Gasteiger partial charge in [0.2, 0.25) is 0 Å². The number of benzene rings is 1. The van der Waals surface area contributed by atoms with Crippen molar-refractivity contribution in [3.8, 4) is 0 Å². The molecule has 0 aliphatic carbocycles. The molecule has 0 aliphatic rings. The molecule has 4 rings (SSSR count). The molecule has 3 heterocycles. The Morgan fingerprint density at radius 2 is 2.10 bits per heavy atom. The highest BCUT2D eigenvalue weighted by Gasteiger charge is 2.17. The maximum atomic E-state index is 13.3. The zero-order chi connectivity index (χ0) is 20.5. The quantitative estimate of drug-likeness (QED) is 0.296. The fraction of sp³-hybridized carbons (Fsp3) is 0.190. The van der Waals surface area contributed by atoms with Crippen LogP contribution in [0.5, 0.6) is 0 Å². The molecule has 4 aromatic rings. The molecule has 0 saturated carbocycles. The molecule has 0 N–H and O–H groups in total. The van der Waals surface area contributed by atoms with Crippen molar-refractivity contribution in [2.75, 3.05) is 0 Å². The van der Waals surface area contributed by atoms with Crippen LogP contribution in [0.4, 0.5) is 4.39 Å². The van der Waals surface area contributed by atoms with Gasteiger partial charge in [-0.05, 0) is 48.7 Å². The zero-order valence-corrected chi connectivity index (χ0v) is 18.2. The number of halogens is 2. The van der Waals surface area contributed by atoms with Crippen molar-refractivity contribution in [2.45, 2.75) is 31.3 Å². The van der Waals surface area contributed by atoms with E-state index in [1.165, 1.54) is 35.2 Å². The first-order chi connectivity index (χ1) is 13.9. The van der Waals surface area contributed by atoms with E-state index in [0.717, 1.165) is 26.4 Å². The van der Waals surface area contributed by atoms with Gasteiger partial charge in [-0.25, -0.2) is 9.37 Å². The van der Waals surface area contributed by atoms with Crippen LogP contribution < -0.4 is 5.56 Å². The summed E-state index contributed by atoms with van der Waals surface area (Å²) >= 11 is 9.11. The van der Waals surface area contributed by atoms with Crippen LogP contribution in [0.15, 0.2) is 52.7 Å². The molecule has 0 amide bonds. The van der Waals surface area contributed by atoms with Gasteiger partial charge in [0.1, 0.15) is 10.6 Å². The SMILES string of the molecule is Cc1sc2nc(SCc3ccc(F)cc3Cl)n(Cc3cccnc3)c(=O)c2c1C. The van der Waals surface area contributed by atoms with Crippen LogP contribution in [0.25, 0.3) is 10.2 Å². The molecule has 0 saturated heterocycles. The Morgan fingerprint density at radius 3 is 2.83 bits per heavy atom. The highest BCUT2D eigenvalue weighted by atomic mass is 35.5. The molecule has 8 heteroatoms. The van der Waals surface area contributed by atoms with Crippen LogP contribution in [0.2, 0.25) is 5.02 Å². The summed E-state index contributed by atoms with van der Waals surface area (Å²) in [6.07, 6.45) is 3.44. The summed E-state index contributed by atoms with van der Waals surface area (Å²) in [6, 6.07) is 8.11. The van der Waals surface area contributed by atoms with Crippen LogP contribution in [0.3, 0.4) is 0 Å². The van der Waals surface area contributed by atoms with Crippen molar-refractivity contribution in [3.63, 3.8) is 0 Å². The molecule has 29 heavy (non-hydrogen) atoms. The molecule has 0 fully saturated rings. The number of nitrogens with zero attached hydrogens (tertiary/aromatic N) is 3. The number of aryl methyl sites for hydroxylation is 2.